The van der Waals surface area contributed by atoms with Gasteiger partial charge in [-0.1, -0.05) is 19.9 Å². The van der Waals surface area contributed by atoms with Crippen LogP contribution in [0.2, 0.25) is 0 Å². The van der Waals surface area contributed by atoms with Crippen molar-refractivity contribution in [3.05, 3.63) is 29.3 Å². The number of benzene rings is 1. The van der Waals surface area contributed by atoms with Crippen LogP contribution in [0.3, 0.4) is 0 Å². The third kappa shape index (κ3) is 2.72. The fourth-order valence-electron chi connectivity index (χ4n) is 2.35. The van der Waals surface area contributed by atoms with Crippen LogP contribution >= 0.6 is 0 Å². The molecule has 114 valence electrons. The van der Waals surface area contributed by atoms with Crippen LogP contribution < -0.4 is 5.73 Å². The Hall–Kier alpha value is -2.05. The van der Waals surface area contributed by atoms with Gasteiger partial charge in [0.1, 0.15) is 0 Å². The average Bonchev–Trinajstić information content (AvgIpc) is 2.57. The average molecular weight is 300 g/mol. The fourth-order valence-corrected chi connectivity index (χ4v) is 2.35. The first-order chi connectivity index (χ1) is 9.62. The molecule has 0 bridgehead atoms. The Labute approximate surface area is 119 Å². The minimum atomic E-state index is -4.59. The molecule has 1 aromatic carbocycles. The van der Waals surface area contributed by atoms with E-state index >= 15 is 0 Å². The molecule has 0 aliphatic carbocycles. The molecule has 1 saturated heterocycles. The highest BCUT2D eigenvalue weighted by Gasteiger charge is 2.43. The van der Waals surface area contributed by atoms with Crippen LogP contribution in [-0.2, 0) is 22.3 Å². The Morgan fingerprint density at radius 2 is 1.67 bits per heavy atom. The smallest absolute Gasteiger partial charge is 0.399 e. The van der Waals surface area contributed by atoms with Gasteiger partial charge >= 0.3 is 6.18 Å². The zero-order valence-corrected chi connectivity index (χ0v) is 11.6. The number of likely N-dealkylation sites (tertiary alicyclic amines) is 1. The summed E-state index contributed by atoms with van der Waals surface area (Å²) in [5, 5.41) is 0. The minimum Gasteiger partial charge on any atom is -0.399 e. The van der Waals surface area contributed by atoms with Gasteiger partial charge in [0.2, 0.25) is 11.8 Å². The van der Waals surface area contributed by atoms with Crippen molar-refractivity contribution in [3.63, 3.8) is 0 Å². The van der Waals surface area contributed by atoms with Gasteiger partial charge in [-0.25, -0.2) is 0 Å². The predicted octanol–water partition coefficient (Wildman–Crippen LogP) is 2.43. The van der Waals surface area contributed by atoms with E-state index in [1.807, 2.05) is 0 Å². The molecular formula is C14H15F3N2O2. The molecule has 0 saturated carbocycles. The molecule has 0 spiro atoms. The fraction of sp³-hybridized carbons (Fsp3) is 0.429. The number of hydrogen-bond donors (Lipinski definition) is 1. The van der Waals surface area contributed by atoms with Crippen molar-refractivity contribution in [3.8, 4) is 0 Å². The topological polar surface area (TPSA) is 63.4 Å². The normalized spacial score (nSPS) is 23.0. The van der Waals surface area contributed by atoms with Gasteiger partial charge in [0.15, 0.2) is 0 Å². The van der Waals surface area contributed by atoms with Gasteiger partial charge in [-0.05, 0) is 17.7 Å². The largest absolute Gasteiger partial charge is 0.416 e. The third-order valence-corrected chi connectivity index (χ3v) is 3.83. The number of imide groups is 1. The van der Waals surface area contributed by atoms with E-state index in [-0.39, 0.29) is 17.8 Å². The van der Waals surface area contributed by atoms with E-state index in [0.717, 1.165) is 11.0 Å². The number of alkyl halides is 3. The van der Waals surface area contributed by atoms with Crippen LogP contribution in [0.1, 0.15) is 25.0 Å². The zero-order chi connectivity index (χ0) is 15.9. The summed E-state index contributed by atoms with van der Waals surface area (Å²) in [6.07, 6.45) is -4.59. The summed E-state index contributed by atoms with van der Waals surface area (Å²) in [7, 11) is 0. The van der Waals surface area contributed by atoms with Crippen molar-refractivity contribution in [1.29, 1.82) is 0 Å². The highest BCUT2D eigenvalue weighted by molar-refractivity contribution is 6.04. The predicted molar refractivity (Wildman–Crippen MR) is 69.7 cm³/mol. The monoisotopic (exact) mass is 300 g/mol. The van der Waals surface area contributed by atoms with Crippen molar-refractivity contribution in [2.75, 3.05) is 5.73 Å². The summed E-state index contributed by atoms with van der Waals surface area (Å²) < 4.78 is 39.0. The summed E-state index contributed by atoms with van der Waals surface area (Å²) in [6.45, 7) is 2.80. The number of amides is 2. The van der Waals surface area contributed by atoms with Gasteiger partial charge in [0.05, 0.1) is 12.1 Å². The maximum atomic E-state index is 13.0. The molecule has 2 amide bonds. The van der Waals surface area contributed by atoms with Gasteiger partial charge in [-0.3, -0.25) is 14.5 Å². The molecule has 2 N–H and O–H groups in total. The highest BCUT2D eigenvalue weighted by Crippen LogP contribution is 2.35. The Kier molecular flexibility index (Phi) is 3.69. The lowest BCUT2D eigenvalue weighted by atomic mass is 10.00. The summed E-state index contributed by atoms with van der Waals surface area (Å²) in [5.74, 6) is -1.92. The molecule has 2 unspecified atom stereocenters. The van der Waals surface area contributed by atoms with Crippen molar-refractivity contribution in [2.24, 2.45) is 11.8 Å². The Morgan fingerprint density at radius 1 is 1.14 bits per heavy atom. The first kappa shape index (κ1) is 15.3. The van der Waals surface area contributed by atoms with Crippen LogP contribution in [0.5, 0.6) is 0 Å². The summed E-state index contributed by atoms with van der Waals surface area (Å²) >= 11 is 0. The number of hydrogen-bond acceptors (Lipinski definition) is 3. The summed E-state index contributed by atoms with van der Waals surface area (Å²) in [6, 6.07) is 3.34. The van der Waals surface area contributed by atoms with E-state index in [9.17, 15) is 22.8 Å². The number of nitrogens with two attached hydrogens (primary N) is 1. The first-order valence-corrected chi connectivity index (χ1v) is 6.43. The number of carbonyl (C=O) groups is 2. The molecule has 0 radical (unpaired) electrons. The molecule has 2 atom stereocenters. The second-order valence-electron chi connectivity index (χ2n) is 5.25. The number of carbonyl (C=O) groups excluding carboxylic acids is 2. The number of anilines is 1. The molecular weight excluding hydrogens is 285 g/mol. The van der Waals surface area contributed by atoms with Gasteiger partial charge in [-0.2, -0.15) is 13.2 Å². The molecule has 1 aromatic rings. The number of nitrogens with zero attached hydrogens (tertiary/aromatic N) is 1. The van der Waals surface area contributed by atoms with E-state index in [2.05, 4.69) is 0 Å². The maximum Gasteiger partial charge on any atom is 0.416 e. The molecule has 1 aliphatic rings. The number of halogens is 3. The molecule has 2 rings (SSSR count). The van der Waals surface area contributed by atoms with E-state index in [1.165, 1.54) is 12.1 Å². The maximum absolute atomic E-state index is 13.0. The van der Waals surface area contributed by atoms with E-state index in [0.29, 0.717) is 0 Å². The molecule has 21 heavy (non-hydrogen) atoms. The molecule has 1 aliphatic heterocycles. The Bertz CT molecular complexity index is 578. The Balaban J connectivity index is 2.37. The standard InChI is InChI=1S/C14H15F3N2O2/c1-7-8(2)13(21)19(12(7)20)6-9-3-4-10(18)5-11(9)14(15,16)17/h3-5,7-8H,6,18H2,1-2H3. The van der Waals surface area contributed by atoms with Gasteiger partial charge in [0, 0.05) is 17.5 Å². The summed E-state index contributed by atoms with van der Waals surface area (Å²) in [5.41, 5.74) is 4.30. The van der Waals surface area contributed by atoms with Gasteiger partial charge < -0.3 is 5.73 Å². The lowest BCUT2D eigenvalue weighted by Gasteiger charge is -2.19. The van der Waals surface area contributed by atoms with E-state index < -0.39 is 35.4 Å². The molecule has 1 heterocycles. The highest BCUT2D eigenvalue weighted by atomic mass is 19.4. The van der Waals surface area contributed by atoms with Gasteiger partial charge in [-0.15, -0.1) is 0 Å². The lowest BCUT2D eigenvalue weighted by molar-refractivity contribution is -0.143. The van der Waals surface area contributed by atoms with Crippen molar-refractivity contribution in [2.45, 2.75) is 26.6 Å². The van der Waals surface area contributed by atoms with Crippen molar-refractivity contribution in [1.82, 2.24) is 4.90 Å². The first-order valence-electron chi connectivity index (χ1n) is 6.43. The van der Waals surface area contributed by atoms with Crippen LogP contribution in [0.25, 0.3) is 0 Å². The van der Waals surface area contributed by atoms with Crippen molar-refractivity contribution < 1.29 is 22.8 Å². The molecule has 4 nitrogen and oxygen atoms in total. The third-order valence-electron chi connectivity index (χ3n) is 3.83. The number of rotatable bonds is 2. The lowest BCUT2D eigenvalue weighted by Crippen LogP contribution is -2.31. The van der Waals surface area contributed by atoms with Crippen LogP contribution in [-0.4, -0.2) is 16.7 Å². The summed E-state index contributed by atoms with van der Waals surface area (Å²) in [4.78, 5) is 24.8. The van der Waals surface area contributed by atoms with E-state index in [4.69, 9.17) is 5.73 Å². The second kappa shape index (κ2) is 5.05. The van der Waals surface area contributed by atoms with Gasteiger partial charge in [0.25, 0.3) is 0 Å². The zero-order valence-electron chi connectivity index (χ0n) is 11.6. The van der Waals surface area contributed by atoms with E-state index in [1.54, 1.807) is 13.8 Å². The molecule has 0 aromatic heterocycles. The molecule has 1 fully saturated rings. The van der Waals surface area contributed by atoms with Crippen LogP contribution in [0.15, 0.2) is 18.2 Å². The van der Waals surface area contributed by atoms with Crippen LogP contribution in [0, 0.1) is 11.8 Å². The number of nitrogen functional groups attached to an aromatic ring is 1. The quantitative estimate of drug-likeness (QED) is 0.674. The van der Waals surface area contributed by atoms with Crippen molar-refractivity contribution >= 4 is 17.5 Å². The minimum absolute atomic E-state index is 0.0214. The molecule has 7 heteroatoms. The second-order valence-corrected chi connectivity index (χ2v) is 5.25. The van der Waals surface area contributed by atoms with Crippen LogP contribution in [0.4, 0.5) is 18.9 Å². The SMILES string of the molecule is CC1C(=O)N(Cc2ccc(N)cc2C(F)(F)F)C(=O)C1C. The Morgan fingerprint density at radius 3 is 2.14 bits per heavy atom.